The lowest BCUT2D eigenvalue weighted by Crippen LogP contribution is -2.55. The van der Waals surface area contributed by atoms with Gasteiger partial charge in [0.25, 0.3) is 5.91 Å². The first kappa shape index (κ1) is 70.3. The number of nitrogens with zero attached hydrogens (tertiary/aromatic N) is 6. The Kier molecular flexibility index (Phi) is 27.3. The molecule has 5 rings (SSSR count). The largest absolute Gasteiger partial charge is 0.512 e. The van der Waals surface area contributed by atoms with Crippen LogP contribution in [-0.4, -0.2) is 233 Å². The SMILES string of the molecule is C=C(O)CN1CCN(CC(=O)O)CCN(CC(=O)N[C@@H](CC)C(=O)N[C@@H](CC)C(=O)NCCNC(=O)CCCOc2cc(C)c(S(=O)(=O)NC(CNC(=O)c3cn(C)c4cc(CNc5ncc[nH]5)ccc4c3=O)C(=O)O)c(C)c2)CCN(CC(=O)O)CC1. The number of aliphatic hydroxyl groups excluding tert-OH is 1. The highest BCUT2D eigenvalue weighted by Crippen LogP contribution is 2.26. The number of aromatic amines is 1. The number of aliphatic hydroxyl groups is 1. The number of hydrogen-bond donors (Lipinski definition) is 12. The number of hydrogen-bond acceptors (Lipinski definition) is 19. The Labute approximate surface area is 509 Å². The highest BCUT2D eigenvalue weighted by atomic mass is 32.2. The topological polar surface area (TPSA) is 409 Å². The molecule has 1 unspecified atom stereocenters. The summed E-state index contributed by atoms with van der Waals surface area (Å²) in [6.07, 6.45) is 5.24. The molecule has 88 heavy (non-hydrogen) atoms. The molecule has 1 aliphatic heterocycles. The summed E-state index contributed by atoms with van der Waals surface area (Å²) in [5, 5.41) is 55.5. The lowest BCUT2D eigenvalue weighted by Gasteiger charge is -2.33. The van der Waals surface area contributed by atoms with Crippen molar-refractivity contribution in [2.24, 2.45) is 7.05 Å². The van der Waals surface area contributed by atoms with E-state index in [1.54, 1.807) is 70.8 Å². The molecule has 0 spiro atoms. The number of rotatable bonds is 32. The average Bonchev–Trinajstić information content (AvgIpc) is 2.78. The Morgan fingerprint density at radius 1 is 0.727 bits per heavy atom. The number of aliphatic carboxylic acids is 3. The fraction of sp³-hybridized carbons (Fsp3) is 0.509. The minimum absolute atomic E-state index is 0.0210. The molecule has 0 bridgehead atoms. The molecule has 31 heteroatoms. The summed E-state index contributed by atoms with van der Waals surface area (Å²) in [5.41, 5.74) is 0.920. The molecule has 482 valence electrons. The summed E-state index contributed by atoms with van der Waals surface area (Å²) < 4.78 is 36.9. The number of imidazole rings is 1. The molecule has 0 radical (unpaired) electrons. The van der Waals surface area contributed by atoms with E-state index in [9.17, 15) is 72.0 Å². The highest BCUT2D eigenvalue weighted by molar-refractivity contribution is 7.89. The predicted octanol–water partition coefficient (Wildman–Crippen LogP) is -0.704. The van der Waals surface area contributed by atoms with E-state index in [0.29, 0.717) is 44.2 Å². The zero-order valence-electron chi connectivity index (χ0n) is 50.2. The van der Waals surface area contributed by atoms with E-state index < -0.39 is 81.7 Å². The van der Waals surface area contributed by atoms with Gasteiger partial charge in [0.1, 0.15) is 29.4 Å². The van der Waals surface area contributed by atoms with Crippen LogP contribution in [0.2, 0.25) is 0 Å². The van der Waals surface area contributed by atoms with E-state index in [4.69, 9.17) is 4.74 Å². The molecule has 1 saturated heterocycles. The first-order valence-corrected chi connectivity index (χ1v) is 30.2. The Morgan fingerprint density at radius 2 is 1.30 bits per heavy atom. The van der Waals surface area contributed by atoms with Gasteiger partial charge in [-0.3, -0.25) is 62.8 Å². The number of pyridine rings is 1. The summed E-state index contributed by atoms with van der Waals surface area (Å²) >= 11 is 0. The molecular formula is C57H82N14O16S. The first-order valence-electron chi connectivity index (χ1n) is 28.7. The highest BCUT2D eigenvalue weighted by Gasteiger charge is 2.31. The second-order valence-electron chi connectivity index (χ2n) is 21.3. The van der Waals surface area contributed by atoms with Gasteiger partial charge in [-0.05, 0) is 74.1 Å². The van der Waals surface area contributed by atoms with Crippen molar-refractivity contribution < 1.29 is 71.9 Å². The smallest absolute Gasteiger partial charge is 0.323 e. The summed E-state index contributed by atoms with van der Waals surface area (Å²) in [5.74, 6) is -5.82. The van der Waals surface area contributed by atoms with Gasteiger partial charge in [-0.2, -0.15) is 4.72 Å². The van der Waals surface area contributed by atoms with Crippen molar-refractivity contribution in [3.05, 3.63) is 93.7 Å². The number of benzene rings is 2. The number of H-pyrrole nitrogens is 1. The van der Waals surface area contributed by atoms with Crippen LogP contribution in [0.15, 0.2) is 71.0 Å². The number of carboxylic acids is 3. The Morgan fingerprint density at radius 3 is 1.84 bits per heavy atom. The van der Waals surface area contributed by atoms with Gasteiger partial charge in [-0.15, -0.1) is 0 Å². The van der Waals surface area contributed by atoms with Crippen molar-refractivity contribution in [2.45, 2.75) is 82.9 Å². The Balaban J connectivity index is 1.04. The molecule has 3 atom stereocenters. The minimum Gasteiger partial charge on any atom is -0.512 e. The zero-order valence-corrected chi connectivity index (χ0v) is 51.0. The number of amides is 5. The van der Waals surface area contributed by atoms with E-state index in [0.717, 1.165) is 5.56 Å². The quantitative estimate of drug-likeness (QED) is 0.0212. The van der Waals surface area contributed by atoms with Crippen LogP contribution in [0.4, 0.5) is 5.95 Å². The number of aromatic nitrogens is 3. The first-order chi connectivity index (χ1) is 41.8. The van der Waals surface area contributed by atoms with Gasteiger partial charge in [0.2, 0.25) is 39.1 Å². The molecule has 12 N–H and O–H groups in total. The summed E-state index contributed by atoms with van der Waals surface area (Å²) in [7, 11) is -2.87. The predicted molar refractivity (Wildman–Crippen MR) is 323 cm³/mol. The molecule has 30 nitrogen and oxygen atoms in total. The standard InChI is InChI=1S/C57H82N14O16S/c1-7-43(65-55(82)44(8-2)64-48(74)33-69-19-23-70(34-49(75)76)21-17-68(31-38(5)72)18-22-71(24-20-69)35-50(77)78)54(81)59-14-13-58-47(73)10-9-25-87-40-26-36(3)52(37(4)27-40)88(85,86)66-45(56(83)84)30-62-53(80)42-32-67(6)46-28-39(11-12-41(46)51(42)79)29-63-57-60-15-16-61-57/h11-12,15-16,26-28,32,43-45,66,72H,5,7-10,13-14,17-25,29-31,33-35H2,1-4,6H3,(H,58,73)(H,59,81)(H,62,80)(H,64,74)(H,65,82)(H,75,76)(H,77,78)(H,83,84)(H2,60,61,63)/t43-,44-,45?/m0/s1. The number of carbonyl (C=O) groups is 8. The van der Waals surface area contributed by atoms with Crippen LogP contribution in [0.3, 0.4) is 0 Å². The van der Waals surface area contributed by atoms with Crippen LogP contribution < -0.4 is 46.8 Å². The van der Waals surface area contributed by atoms with E-state index in [1.807, 2.05) is 4.90 Å². The van der Waals surface area contributed by atoms with Gasteiger partial charge in [-0.25, -0.2) is 13.4 Å². The molecule has 3 heterocycles. The summed E-state index contributed by atoms with van der Waals surface area (Å²) in [6, 6.07) is 4.14. The molecule has 1 fully saturated rings. The number of anilines is 1. The molecule has 4 aromatic rings. The maximum Gasteiger partial charge on any atom is 0.323 e. The molecule has 0 saturated carbocycles. The molecule has 2 aromatic heterocycles. The van der Waals surface area contributed by atoms with Crippen LogP contribution in [0.25, 0.3) is 10.9 Å². The van der Waals surface area contributed by atoms with Gasteiger partial charge in [0.05, 0.1) is 49.0 Å². The van der Waals surface area contributed by atoms with E-state index in [2.05, 4.69) is 53.2 Å². The van der Waals surface area contributed by atoms with E-state index in [1.165, 1.54) is 32.2 Å². The minimum atomic E-state index is -4.51. The maximum atomic E-state index is 13.7. The molecule has 1 aliphatic rings. The van der Waals surface area contributed by atoms with Crippen molar-refractivity contribution in [3.8, 4) is 5.75 Å². The fourth-order valence-electron chi connectivity index (χ4n) is 9.78. The number of carbonyl (C=O) groups excluding carboxylic acids is 5. The van der Waals surface area contributed by atoms with Crippen molar-refractivity contribution in [1.29, 1.82) is 0 Å². The second kappa shape index (κ2) is 34.2. The van der Waals surface area contributed by atoms with Crippen LogP contribution >= 0.6 is 0 Å². The van der Waals surface area contributed by atoms with Gasteiger partial charge in [0.15, 0.2) is 5.95 Å². The zero-order chi connectivity index (χ0) is 64.7. The van der Waals surface area contributed by atoms with Crippen LogP contribution in [0, 0.1) is 13.8 Å². The van der Waals surface area contributed by atoms with Gasteiger partial charge < -0.3 is 66.6 Å². The summed E-state index contributed by atoms with van der Waals surface area (Å²) in [4.78, 5) is 129. The normalized spacial score (nSPS) is 15.1. The lowest BCUT2D eigenvalue weighted by atomic mass is 10.1. The number of sulfonamides is 1. The number of nitrogens with one attached hydrogen (secondary N) is 8. The van der Waals surface area contributed by atoms with E-state index >= 15 is 0 Å². The number of carboxylic acid groups (broad SMARTS) is 3. The van der Waals surface area contributed by atoms with Crippen molar-refractivity contribution in [1.82, 2.24) is 65.4 Å². The lowest BCUT2D eigenvalue weighted by molar-refractivity contribution is -0.139. The second-order valence-corrected chi connectivity index (χ2v) is 22.9. The third-order valence-electron chi connectivity index (χ3n) is 14.3. The number of fused-ring (bicyclic) bond motifs is 1. The fourth-order valence-corrected chi connectivity index (χ4v) is 11.4. The Hall–Kier alpha value is -8.49. The van der Waals surface area contributed by atoms with Crippen molar-refractivity contribution >= 4 is 74.3 Å². The Bertz CT molecular complexity index is 3230. The van der Waals surface area contributed by atoms with Crippen molar-refractivity contribution in [2.75, 3.05) is 110 Å². The van der Waals surface area contributed by atoms with Crippen LogP contribution in [0.5, 0.6) is 5.75 Å². The molecule has 5 amide bonds. The van der Waals surface area contributed by atoms with E-state index in [-0.39, 0.29) is 142 Å². The maximum absolute atomic E-state index is 13.7. The molecule has 0 aliphatic carbocycles. The number of aryl methyl sites for hydroxylation is 3. The third-order valence-corrected chi connectivity index (χ3v) is 16.1. The number of ether oxygens (including phenoxy) is 1. The van der Waals surface area contributed by atoms with Gasteiger partial charge >= 0.3 is 17.9 Å². The van der Waals surface area contributed by atoms with Gasteiger partial charge in [0, 0.05) is 116 Å². The van der Waals surface area contributed by atoms with Crippen LogP contribution in [0.1, 0.15) is 66.6 Å². The third kappa shape index (κ3) is 22.3. The van der Waals surface area contributed by atoms with Crippen molar-refractivity contribution in [3.63, 3.8) is 0 Å². The monoisotopic (exact) mass is 1250 g/mol. The molecule has 2 aromatic carbocycles. The summed E-state index contributed by atoms with van der Waals surface area (Å²) in [6.45, 7) is 11.4. The molecular weight excluding hydrogens is 1170 g/mol. The van der Waals surface area contributed by atoms with Gasteiger partial charge in [-0.1, -0.05) is 26.5 Å². The average molecular weight is 1250 g/mol. The van der Waals surface area contributed by atoms with Crippen LogP contribution in [-0.2, 0) is 57.2 Å².